The van der Waals surface area contributed by atoms with Gasteiger partial charge in [-0.2, -0.15) is 0 Å². The summed E-state index contributed by atoms with van der Waals surface area (Å²) < 4.78 is 11.4. The summed E-state index contributed by atoms with van der Waals surface area (Å²) in [5.74, 6) is -3.62. The number of likely N-dealkylation sites (tertiary alicyclic amines) is 1. The third-order valence-corrected chi connectivity index (χ3v) is 13.0. The molecule has 0 bridgehead atoms. The molecule has 3 rings (SSSR count). The lowest BCUT2D eigenvalue weighted by Crippen LogP contribution is -2.59. The molecule has 8 amide bonds. The maximum Gasteiger partial charge on any atom is 0.312 e. The Labute approximate surface area is 397 Å². The van der Waals surface area contributed by atoms with Crippen LogP contribution in [-0.4, -0.2) is 127 Å². The van der Waals surface area contributed by atoms with Crippen LogP contribution < -0.4 is 38.1 Å². The van der Waals surface area contributed by atoms with Crippen LogP contribution in [0.1, 0.15) is 120 Å². The molecular formula is C46H72N10O10S. The number of thiazole rings is 1. The first-order chi connectivity index (χ1) is 31.8. The number of carbonyl (C=O) groups is 8. The fourth-order valence-corrected chi connectivity index (χ4v) is 8.86. The SMILES string of the molecule is CC[C@H](C)[C@H](NC(=O)[C@H]1CCCCN1C)C(=O)N(COC)[C@H](C[C@@H](OC(C)=O)c1nc(C(=O)N[C@@H](Cc2ccc(NC(=O)[C@H](CCCNC(N)=O)NC=O)cc2)CC(C)C(N)=O)cs1)C(C)C. The Hall–Kier alpha value is -5.67. The van der Waals surface area contributed by atoms with E-state index in [1.165, 1.54) is 14.0 Å². The molecule has 1 aliphatic rings. The van der Waals surface area contributed by atoms with Gasteiger partial charge in [0.2, 0.25) is 30.0 Å². The van der Waals surface area contributed by atoms with Gasteiger partial charge in [0.25, 0.3) is 5.91 Å². The van der Waals surface area contributed by atoms with E-state index in [4.69, 9.17) is 20.9 Å². The van der Waals surface area contributed by atoms with E-state index in [2.05, 4.69) is 31.6 Å². The van der Waals surface area contributed by atoms with Crippen molar-refractivity contribution < 1.29 is 47.8 Å². The number of urea groups is 1. The highest BCUT2D eigenvalue weighted by Crippen LogP contribution is 2.32. The van der Waals surface area contributed by atoms with Gasteiger partial charge in [0.05, 0.1) is 6.04 Å². The molecule has 1 aliphatic heterocycles. The summed E-state index contributed by atoms with van der Waals surface area (Å²) in [7, 11) is 3.40. The molecule has 0 radical (unpaired) electrons. The predicted octanol–water partition coefficient (Wildman–Crippen LogP) is 2.96. The second kappa shape index (κ2) is 27.8. The minimum atomic E-state index is -0.954. The van der Waals surface area contributed by atoms with Crippen molar-refractivity contribution in [3.05, 3.63) is 45.9 Å². The summed E-state index contributed by atoms with van der Waals surface area (Å²) in [6.45, 7) is 11.6. The van der Waals surface area contributed by atoms with Crippen LogP contribution in [0.2, 0.25) is 0 Å². The fraction of sp³-hybridized carbons (Fsp3) is 0.630. The van der Waals surface area contributed by atoms with E-state index in [0.29, 0.717) is 36.4 Å². The number of hydrogen-bond donors (Lipinski definition) is 7. The number of rotatable bonds is 28. The Bertz CT molecular complexity index is 1970. The quantitative estimate of drug-likeness (QED) is 0.0281. The van der Waals surface area contributed by atoms with Crippen molar-refractivity contribution in [3.63, 3.8) is 0 Å². The Morgan fingerprint density at radius 3 is 2.30 bits per heavy atom. The van der Waals surface area contributed by atoms with Gasteiger partial charge in [-0.15, -0.1) is 11.3 Å². The van der Waals surface area contributed by atoms with E-state index < -0.39 is 65.9 Å². The molecule has 21 heteroatoms. The number of esters is 1. The molecule has 20 nitrogen and oxygen atoms in total. The molecule has 0 saturated carbocycles. The molecule has 1 saturated heterocycles. The second-order valence-electron chi connectivity index (χ2n) is 17.7. The second-order valence-corrected chi connectivity index (χ2v) is 18.6. The summed E-state index contributed by atoms with van der Waals surface area (Å²) in [6, 6.07) is 2.98. The molecule has 67 heavy (non-hydrogen) atoms. The minimum absolute atomic E-state index is 0.0500. The maximum atomic E-state index is 14.6. The highest BCUT2D eigenvalue weighted by atomic mass is 32.1. The maximum absolute atomic E-state index is 14.6. The number of amides is 8. The summed E-state index contributed by atoms with van der Waals surface area (Å²) in [5.41, 5.74) is 12.0. The number of nitrogens with one attached hydrogen (secondary N) is 5. The van der Waals surface area contributed by atoms with Gasteiger partial charge in [0.15, 0.2) is 6.10 Å². The van der Waals surface area contributed by atoms with Crippen LogP contribution >= 0.6 is 11.3 Å². The number of carbonyl (C=O) groups excluding carboxylic acids is 8. The first kappa shape index (κ1) is 55.7. The van der Waals surface area contributed by atoms with Gasteiger partial charge < -0.3 is 52.4 Å². The lowest BCUT2D eigenvalue weighted by Gasteiger charge is -2.39. The Kier molecular flexibility index (Phi) is 23.1. The number of piperidine rings is 1. The van der Waals surface area contributed by atoms with Gasteiger partial charge in [-0.05, 0) is 81.6 Å². The number of nitrogens with zero attached hydrogens (tertiary/aromatic N) is 3. The molecule has 0 spiro atoms. The van der Waals surface area contributed by atoms with Gasteiger partial charge in [-0.1, -0.05) is 59.6 Å². The van der Waals surface area contributed by atoms with E-state index in [1.54, 1.807) is 41.5 Å². The molecule has 1 unspecified atom stereocenters. The van der Waals surface area contributed by atoms with Crippen molar-refractivity contribution in [1.82, 2.24) is 36.1 Å². The van der Waals surface area contributed by atoms with Crippen LogP contribution in [0.3, 0.4) is 0 Å². The molecule has 8 atom stereocenters. The third kappa shape index (κ3) is 17.8. The van der Waals surface area contributed by atoms with Crippen LogP contribution in [0.25, 0.3) is 0 Å². The number of primary amides is 2. The number of hydrogen-bond acceptors (Lipinski definition) is 13. The smallest absolute Gasteiger partial charge is 0.312 e. The topological polar surface area (TPSA) is 287 Å². The number of nitrogens with two attached hydrogens (primary N) is 2. The number of ether oxygens (including phenoxy) is 2. The molecule has 372 valence electrons. The van der Waals surface area contributed by atoms with Gasteiger partial charge in [0.1, 0.15) is 29.5 Å². The van der Waals surface area contributed by atoms with Crippen molar-refractivity contribution in [2.45, 2.75) is 136 Å². The Balaban J connectivity index is 1.82. The Morgan fingerprint density at radius 2 is 1.72 bits per heavy atom. The Morgan fingerprint density at radius 1 is 1.01 bits per heavy atom. The van der Waals surface area contributed by atoms with Crippen LogP contribution in [0.4, 0.5) is 10.5 Å². The normalized spacial score (nSPS) is 17.1. The van der Waals surface area contributed by atoms with Crippen LogP contribution in [0, 0.1) is 17.8 Å². The monoisotopic (exact) mass is 957 g/mol. The average Bonchev–Trinajstić information content (AvgIpc) is 3.78. The van der Waals surface area contributed by atoms with Crippen molar-refractivity contribution in [1.29, 1.82) is 0 Å². The van der Waals surface area contributed by atoms with E-state index in [0.717, 1.165) is 36.3 Å². The van der Waals surface area contributed by atoms with E-state index in [1.807, 2.05) is 39.6 Å². The average molecular weight is 957 g/mol. The lowest BCUT2D eigenvalue weighted by atomic mass is 9.92. The first-order valence-electron chi connectivity index (χ1n) is 22.9. The number of benzene rings is 1. The summed E-state index contributed by atoms with van der Waals surface area (Å²) >= 11 is 1.12. The molecule has 2 aromatic rings. The molecule has 1 aromatic heterocycles. The third-order valence-electron chi connectivity index (χ3n) is 12.1. The zero-order valence-electron chi connectivity index (χ0n) is 40.1. The van der Waals surface area contributed by atoms with E-state index in [-0.39, 0.29) is 74.3 Å². The van der Waals surface area contributed by atoms with Crippen LogP contribution in [0.5, 0.6) is 0 Å². The minimum Gasteiger partial charge on any atom is -0.455 e. The van der Waals surface area contributed by atoms with Crippen molar-refractivity contribution in [2.24, 2.45) is 29.2 Å². The summed E-state index contributed by atoms with van der Waals surface area (Å²) in [4.78, 5) is 110. The lowest BCUT2D eigenvalue weighted by molar-refractivity contribution is -0.152. The molecule has 0 aliphatic carbocycles. The molecule has 1 aromatic carbocycles. The van der Waals surface area contributed by atoms with Gasteiger partial charge >= 0.3 is 12.0 Å². The van der Waals surface area contributed by atoms with Crippen molar-refractivity contribution >= 4 is 65.0 Å². The van der Waals surface area contributed by atoms with Crippen LogP contribution in [-0.2, 0) is 44.7 Å². The fourth-order valence-electron chi connectivity index (χ4n) is 8.02. The largest absolute Gasteiger partial charge is 0.455 e. The molecule has 2 heterocycles. The van der Waals surface area contributed by atoms with Gasteiger partial charge in [-0.25, -0.2) is 9.78 Å². The van der Waals surface area contributed by atoms with Crippen molar-refractivity contribution in [2.75, 3.05) is 39.3 Å². The molecule has 9 N–H and O–H groups in total. The van der Waals surface area contributed by atoms with Gasteiger partial charge in [0, 0.05) is 56.1 Å². The molecule has 1 fully saturated rings. The predicted molar refractivity (Wildman–Crippen MR) is 253 cm³/mol. The summed E-state index contributed by atoms with van der Waals surface area (Å²) in [6.07, 6.45) is 3.97. The number of aromatic nitrogens is 1. The van der Waals surface area contributed by atoms with E-state index >= 15 is 0 Å². The standard InChI is InChI=1S/C46H72N10O10S/c1-9-28(4)39(54-43(62)36-14-10-11-20-55(36)7)45(63)56(26-65-8)37(27(2)3)23-38(66-30(6)58)44-53-35(24-67-44)42(61)52-33(21-29(5)40(47)59)22-31-15-17-32(18-16-31)51-41(60)34(50-25-57)13-12-19-49-46(48)64/h15-18,24-25,27-29,33-34,36-39H,9-14,19-23,26H2,1-8H3,(H2,47,59)(H,50,57)(H,51,60)(H,52,61)(H,54,62)(H3,48,49,64)/t28-,29?,33+,34-,36+,37+,38+,39-/m0/s1. The van der Waals surface area contributed by atoms with Gasteiger partial charge in [-0.3, -0.25) is 38.5 Å². The zero-order chi connectivity index (χ0) is 49.8. The molecular weight excluding hydrogens is 885 g/mol. The van der Waals surface area contributed by atoms with E-state index in [9.17, 15) is 38.4 Å². The summed E-state index contributed by atoms with van der Waals surface area (Å²) in [5, 5.41) is 15.6. The highest BCUT2D eigenvalue weighted by molar-refractivity contribution is 7.09. The number of anilines is 1. The highest BCUT2D eigenvalue weighted by Gasteiger charge is 2.39. The first-order valence-corrected chi connectivity index (χ1v) is 23.8. The van der Waals surface area contributed by atoms with Crippen LogP contribution in [0.15, 0.2) is 29.6 Å². The zero-order valence-corrected chi connectivity index (χ0v) is 40.9. The number of likely N-dealkylation sites (N-methyl/N-ethyl adjacent to an activating group) is 1. The number of methoxy groups -OCH3 is 1. The van der Waals surface area contributed by atoms with Crippen molar-refractivity contribution in [3.8, 4) is 0 Å².